The number of anilines is 1. The van der Waals surface area contributed by atoms with E-state index in [0.717, 1.165) is 5.56 Å². The van der Waals surface area contributed by atoms with Gasteiger partial charge in [-0.05, 0) is 24.0 Å². The van der Waals surface area contributed by atoms with Crippen molar-refractivity contribution in [3.8, 4) is 6.07 Å². The molecule has 0 unspecified atom stereocenters. The summed E-state index contributed by atoms with van der Waals surface area (Å²) < 4.78 is 0. The van der Waals surface area contributed by atoms with E-state index in [-0.39, 0.29) is 11.5 Å². The summed E-state index contributed by atoms with van der Waals surface area (Å²) in [5, 5.41) is 17.3. The number of nitrogens with one attached hydrogen (secondary N) is 3. The number of carbonyl (C=O) groups excluding carboxylic acids is 2. The number of para-hydroxylation sites is 1. The third kappa shape index (κ3) is 6.22. The third-order valence-corrected chi connectivity index (χ3v) is 3.17. The molecule has 0 aliphatic rings. The number of rotatable bonds is 9. The number of hydrogen-bond donors (Lipinski definition) is 3. The zero-order valence-electron chi connectivity index (χ0n) is 13.4. The first-order valence-corrected chi connectivity index (χ1v) is 7.51. The molecule has 1 aromatic rings. The molecule has 0 aromatic heterocycles. The normalized spacial score (nSPS) is 10.8. The second-order valence-electron chi connectivity index (χ2n) is 5.25. The molecule has 6 heteroatoms. The van der Waals surface area contributed by atoms with Gasteiger partial charge in [0, 0.05) is 25.0 Å². The maximum Gasteiger partial charge on any atom is 0.267 e. The van der Waals surface area contributed by atoms with Gasteiger partial charge in [0.05, 0.1) is 0 Å². The minimum atomic E-state index is -0.445. The molecule has 0 saturated heterocycles. The predicted octanol–water partition coefficient (Wildman–Crippen LogP) is 1.88. The molecular weight excluding hydrogens is 292 g/mol. The van der Waals surface area contributed by atoms with Gasteiger partial charge in [-0.25, -0.2) is 0 Å². The zero-order chi connectivity index (χ0) is 17.1. The Kier molecular flexibility index (Phi) is 7.94. The van der Waals surface area contributed by atoms with Crippen LogP contribution in [0.3, 0.4) is 0 Å². The van der Waals surface area contributed by atoms with Crippen LogP contribution in [-0.2, 0) is 9.59 Å². The summed E-state index contributed by atoms with van der Waals surface area (Å²) in [6.45, 7) is 5.18. The molecule has 2 amide bonds. The van der Waals surface area contributed by atoms with E-state index in [0.29, 0.717) is 31.6 Å². The molecule has 6 nitrogen and oxygen atoms in total. The molecule has 0 saturated carbocycles. The van der Waals surface area contributed by atoms with Crippen LogP contribution in [0.15, 0.2) is 36.0 Å². The SMILES string of the molecule is CC(C)c1ccccc1NC(=O)/C(C#N)=C\NCCCNC=O. The third-order valence-electron chi connectivity index (χ3n) is 3.17. The van der Waals surface area contributed by atoms with Gasteiger partial charge in [0.15, 0.2) is 0 Å². The molecule has 1 aromatic carbocycles. The van der Waals surface area contributed by atoms with Gasteiger partial charge < -0.3 is 16.0 Å². The number of hydrogen-bond acceptors (Lipinski definition) is 4. The fraction of sp³-hybridized carbons (Fsp3) is 0.353. The Hall–Kier alpha value is -2.81. The van der Waals surface area contributed by atoms with E-state index in [9.17, 15) is 9.59 Å². The number of nitrogens with zero attached hydrogens (tertiary/aromatic N) is 1. The molecule has 0 bridgehead atoms. The van der Waals surface area contributed by atoms with E-state index in [1.807, 2.05) is 44.2 Å². The number of nitriles is 1. The van der Waals surface area contributed by atoms with Gasteiger partial charge in [-0.15, -0.1) is 0 Å². The summed E-state index contributed by atoms with van der Waals surface area (Å²) in [4.78, 5) is 22.3. The van der Waals surface area contributed by atoms with Crippen molar-refractivity contribution in [1.29, 1.82) is 5.26 Å². The van der Waals surface area contributed by atoms with Crippen LogP contribution in [0.1, 0.15) is 31.7 Å². The van der Waals surface area contributed by atoms with Crippen LogP contribution in [0.25, 0.3) is 0 Å². The summed E-state index contributed by atoms with van der Waals surface area (Å²) in [6, 6.07) is 9.42. The second kappa shape index (κ2) is 10.0. The van der Waals surface area contributed by atoms with Crippen molar-refractivity contribution in [2.75, 3.05) is 18.4 Å². The molecule has 0 spiro atoms. The molecule has 3 N–H and O–H groups in total. The summed E-state index contributed by atoms with van der Waals surface area (Å²) >= 11 is 0. The summed E-state index contributed by atoms with van der Waals surface area (Å²) in [5.74, 6) is -0.177. The van der Waals surface area contributed by atoms with Crippen LogP contribution < -0.4 is 16.0 Å². The Bertz CT molecular complexity index is 603. The topological polar surface area (TPSA) is 94.0 Å². The van der Waals surface area contributed by atoms with Crippen LogP contribution in [0.2, 0.25) is 0 Å². The molecule has 0 fully saturated rings. The Balaban J connectivity index is 2.64. The standard InChI is InChI=1S/C17H22N4O2/c1-13(2)15-6-3-4-7-16(15)21-17(23)14(10-18)11-19-8-5-9-20-12-22/h3-4,6-7,11-13,19H,5,8-9H2,1-2H3,(H,20,22)(H,21,23)/b14-11-. The maximum atomic E-state index is 12.2. The van der Waals surface area contributed by atoms with E-state index < -0.39 is 5.91 Å². The largest absolute Gasteiger partial charge is 0.390 e. The van der Waals surface area contributed by atoms with E-state index >= 15 is 0 Å². The van der Waals surface area contributed by atoms with Crippen LogP contribution in [0, 0.1) is 11.3 Å². The highest BCUT2D eigenvalue weighted by Gasteiger charge is 2.12. The molecule has 0 radical (unpaired) electrons. The smallest absolute Gasteiger partial charge is 0.267 e. The van der Waals surface area contributed by atoms with Crippen LogP contribution in [0.5, 0.6) is 0 Å². The minimum absolute atomic E-state index is 0.00639. The lowest BCUT2D eigenvalue weighted by Gasteiger charge is -2.13. The van der Waals surface area contributed by atoms with Crippen molar-refractivity contribution in [2.24, 2.45) is 0 Å². The fourth-order valence-corrected chi connectivity index (χ4v) is 1.98. The Morgan fingerprint density at radius 3 is 2.61 bits per heavy atom. The summed E-state index contributed by atoms with van der Waals surface area (Å²) in [6.07, 6.45) is 2.73. The predicted molar refractivity (Wildman–Crippen MR) is 89.5 cm³/mol. The van der Waals surface area contributed by atoms with Gasteiger partial charge in [-0.2, -0.15) is 5.26 Å². The van der Waals surface area contributed by atoms with Gasteiger partial charge in [0.2, 0.25) is 6.41 Å². The van der Waals surface area contributed by atoms with Crippen molar-refractivity contribution >= 4 is 18.0 Å². The Labute approximate surface area is 136 Å². The number of benzene rings is 1. The van der Waals surface area contributed by atoms with Gasteiger partial charge in [-0.3, -0.25) is 9.59 Å². The summed E-state index contributed by atoms with van der Waals surface area (Å²) in [5.41, 5.74) is 1.74. The molecule has 0 aliphatic carbocycles. The quantitative estimate of drug-likeness (QED) is 0.281. The molecule has 122 valence electrons. The lowest BCUT2D eigenvalue weighted by molar-refractivity contribution is -0.112. The molecule has 23 heavy (non-hydrogen) atoms. The van der Waals surface area contributed by atoms with E-state index in [4.69, 9.17) is 5.26 Å². The van der Waals surface area contributed by atoms with Crippen LogP contribution in [0.4, 0.5) is 5.69 Å². The summed E-state index contributed by atoms with van der Waals surface area (Å²) in [7, 11) is 0. The molecule has 0 aliphatic heterocycles. The van der Waals surface area contributed by atoms with Gasteiger partial charge in [0.25, 0.3) is 5.91 Å². The minimum Gasteiger partial charge on any atom is -0.390 e. The van der Waals surface area contributed by atoms with Crippen molar-refractivity contribution in [1.82, 2.24) is 10.6 Å². The van der Waals surface area contributed by atoms with E-state index in [1.165, 1.54) is 6.20 Å². The van der Waals surface area contributed by atoms with Crippen molar-refractivity contribution in [3.05, 3.63) is 41.6 Å². The molecular formula is C17H22N4O2. The maximum absolute atomic E-state index is 12.2. The number of amides is 2. The Morgan fingerprint density at radius 1 is 1.26 bits per heavy atom. The van der Waals surface area contributed by atoms with Crippen LogP contribution >= 0.6 is 0 Å². The van der Waals surface area contributed by atoms with Crippen molar-refractivity contribution < 1.29 is 9.59 Å². The monoisotopic (exact) mass is 314 g/mol. The lowest BCUT2D eigenvalue weighted by Crippen LogP contribution is -2.20. The van der Waals surface area contributed by atoms with Crippen molar-refractivity contribution in [2.45, 2.75) is 26.2 Å². The van der Waals surface area contributed by atoms with Gasteiger partial charge in [-0.1, -0.05) is 32.0 Å². The lowest BCUT2D eigenvalue weighted by atomic mass is 10.0. The average Bonchev–Trinajstić information content (AvgIpc) is 2.54. The Morgan fingerprint density at radius 2 is 1.96 bits per heavy atom. The first-order valence-electron chi connectivity index (χ1n) is 7.51. The molecule has 0 atom stereocenters. The van der Waals surface area contributed by atoms with E-state index in [2.05, 4.69) is 16.0 Å². The first kappa shape index (κ1) is 18.2. The van der Waals surface area contributed by atoms with Crippen LogP contribution in [-0.4, -0.2) is 25.4 Å². The second-order valence-corrected chi connectivity index (χ2v) is 5.25. The highest BCUT2D eigenvalue weighted by atomic mass is 16.1. The number of carbonyl (C=O) groups is 2. The first-order chi connectivity index (χ1) is 11.1. The van der Waals surface area contributed by atoms with Gasteiger partial charge >= 0.3 is 0 Å². The molecule has 0 heterocycles. The zero-order valence-corrected chi connectivity index (χ0v) is 13.4. The van der Waals surface area contributed by atoms with E-state index in [1.54, 1.807) is 0 Å². The average molecular weight is 314 g/mol. The highest BCUT2D eigenvalue weighted by Crippen LogP contribution is 2.23. The van der Waals surface area contributed by atoms with Gasteiger partial charge in [0.1, 0.15) is 11.6 Å². The highest BCUT2D eigenvalue weighted by molar-refractivity contribution is 6.06. The molecule has 1 rings (SSSR count). The fourth-order valence-electron chi connectivity index (χ4n) is 1.98. The van der Waals surface area contributed by atoms with Crippen molar-refractivity contribution in [3.63, 3.8) is 0 Å².